The van der Waals surface area contributed by atoms with Crippen LogP contribution in [0.1, 0.15) is 20.7 Å². The van der Waals surface area contributed by atoms with Gasteiger partial charge in [0, 0.05) is 11.1 Å². The normalized spacial score (nSPS) is 10.2. The minimum atomic E-state index is -1.31. The van der Waals surface area contributed by atoms with Crippen LogP contribution in [0.5, 0.6) is 17.2 Å². The van der Waals surface area contributed by atoms with Crippen LogP contribution in [0.2, 0.25) is 0 Å². The third kappa shape index (κ3) is 2.51. The Labute approximate surface area is 124 Å². The SMILES string of the molecule is COc1ccc(C(=O)O)c(-c2ccc(C(=O)O)cc2O)c1O. The molecule has 0 saturated heterocycles. The topological polar surface area (TPSA) is 124 Å². The van der Waals surface area contributed by atoms with Crippen molar-refractivity contribution in [2.45, 2.75) is 0 Å². The lowest BCUT2D eigenvalue weighted by molar-refractivity contribution is 0.0685. The summed E-state index contributed by atoms with van der Waals surface area (Å²) in [4.78, 5) is 22.2. The number of phenols is 2. The molecule has 0 fully saturated rings. The van der Waals surface area contributed by atoms with E-state index in [4.69, 9.17) is 9.84 Å². The fourth-order valence-electron chi connectivity index (χ4n) is 2.06. The van der Waals surface area contributed by atoms with Gasteiger partial charge in [-0.05, 0) is 30.3 Å². The first kappa shape index (κ1) is 15.2. The molecule has 2 aromatic carbocycles. The van der Waals surface area contributed by atoms with E-state index in [2.05, 4.69) is 0 Å². The first-order chi connectivity index (χ1) is 10.4. The van der Waals surface area contributed by atoms with E-state index in [0.717, 1.165) is 6.07 Å². The first-order valence-electron chi connectivity index (χ1n) is 6.06. The van der Waals surface area contributed by atoms with E-state index in [1.807, 2.05) is 0 Å². The van der Waals surface area contributed by atoms with Crippen LogP contribution in [0.25, 0.3) is 11.1 Å². The number of ether oxygens (including phenoxy) is 1. The molecule has 0 saturated carbocycles. The summed E-state index contributed by atoms with van der Waals surface area (Å²) in [6.07, 6.45) is 0. The molecule has 0 atom stereocenters. The van der Waals surface area contributed by atoms with Gasteiger partial charge >= 0.3 is 11.9 Å². The van der Waals surface area contributed by atoms with Crippen molar-refractivity contribution in [3.8, 4) is 28.4 Å². The van der Waals surface area contributed by atoms with Crippen molar-refractivity contribution in [1.82, 2.24) is 0 Å². The molecular formula is C15H12O7. The highest BCUT2D eigenvalue weighted by molar-refractivity contribution is 6.00. The van der Waals surface area contributed by atoms with Crippen molar-refractivity contribution < 1.29 is 34.8 Å². The lowest BCUT2D eigenvalue weighted by atomic mass is 9.96. The summed E-state index contributed by atoms with van der Waals surface area (Å²) in [6.45, 7) is 0. The molecule has 22 heavy (non-hydrogen) atoms. The van der Waals surface area contributed by atoms with E-state index in [-0.39, 0.29) is 28.0 Å². The Morgan fingerprint density at radius 3 is 2.18 bits per heavy atom. The summed E-state index contributed by atoms with van der Waals surface area (Å²) >= 11 is 0. The third-order valence-corrected chi connectivity index (χ3v) is 3.11. The van der Waals surface area contributed by atoms with Crippen LogP contribution in [0.4, 0.5) is 0 Å². The number of hydrogen-bond donors (Lipinski definition) is 4. The summed E-state index contributed by atoms with van der Waals surface area (Å²) in [5.74, 6) is -3.45. The minimum absolute atomic E-state index is 0.0150. The van der Waals surface area contributed by atoms with E-state index >= 15 is 0 Å². The molecule has 0 unspecified atom stereocenters. The largest absolute Gasteiger partial charge is 0.507 e. The number of carbonyl (C=O) groups is 2. The Morgan fingerprint density at radius 1 is 1.00 bits per heavy atom. The van der Waals surface area contributed by atoms with Gasteiger partial charge in [-0.1, -0.05) is 0 Å². The van der Waals surface area contributed by atoms with Crippen LogP contribution in [0.15, 0.2) is 30.3 Å². The maximum atomic E-state index is 11.3. The molecule has 2 rings (SSSR count). The van der Waals surface area contributed by atoms with Crippen LogP contribution < -0.4 is 4.74 Å². The van der Waals surface area contributed by atoms with E-state index in [1.54, 1.807) is 0 Å². The highest BCUT2D eigenvalue weighted by Crippen LogP contribution is 2.43. The number of hydrogen-bond acceptors (Lipinski definition) is 5. The zero-order chi connectivity index (χ0) is 16.4. The van der Waals surface area contributed by atoms with E-state index in [1.165, 1.54) is 31.4 Å². The number of methoxy groups -OCH3 is 1. The molecular weight excluding hydrogens is 292 g/mol. The van der Waals surface area contributed by atoms with Crippen LogP contribution >= 0.6 is 0 Å². The van der Waals surface area contributed by atoms with Crippen LogP contribution in [-0.2, 0) is 0 Å². The number of aromatic hydroxyl groups is 2. The van der Waals surface area contributed by atoms with Gasteiger partial charge in [0.25, 0.3) is 0 Å². The molecule has 4 N–H and O–H groups in total. The van der Waals surface area contributed by atoms with Crippen molar-refractivity contribution in [2.75, 3.05) is 7.11 Å². The minimum Gasteiger partial charge on any atom is -0.507 e. The van der Waals surface area contributed by atoms with Gasteiger partial charge in [-0.3, -0.25) is 0 Å². The smallest absolute Gasteiger partial charge is 0.336 e. The fraction of sp³-hybridized carbons (Fsp3) is 0.0667. The second kappa shape index (κ2) is 5.65. The zero-order valence-electron chi connectivity index (χ0n) is 11.4. The van der Waals surface area contributed by atoms with Gasteiger partial charge in [-0.25, -0.2) is 9.59 Å². The Morgan fingerprint density at radius 2 is 1.68 bits per heavy atom. The number of benzene rings is 2. The molecule has 2 aromatic rings. The van der Waals surface area contributed by atoms with Crippen molar-refractivity contribution in [3.05, 3.63) is 41.5 Å². The molecule has 7 heteroatoms. The number of carboxylic acid groups (broad SMARTS) is 2. The number of carboxylic acids is 2. The Balaban J connectivity index is 2.75. The van der Waals surface area contributed by atoms with Crippen molar-refractivity contribution in [2.24, 2.45) is 0 Å². The maximum Gasteiger partial charge on any atom is 0.336 e. The molecule has 0 bridgehead atoms. The predicted octanol–water partition coefficient (Wildman–Crippen LogP) is 2.17. The third-order valence-electron chi connectivity index (χ3n) is 3.11. The predicted molar refractivity (Wildman–Crippen MR) is 75.7 cm³/mol. The monoisotopic (exact) mass is 304 g/mol. The highest BCUT2D eigenvalue weighted by Gasteiger charge is 2.22. The van der Waals surface area contributed by atoms with Gasteiger partial charge in [0.2, 0.25) is 0 Å². The van der Waals surface area contributed by atoms with Crippen molar-refractivity contribution in [1.29, 1.82) is 0 Å². The number of aromatic carboxylic acids is 2. The second-order valence-corrected chi connectivity index (χ2v) is 4.38. The summed E-state index contributed by atoms with van der Waals surface area (Å²) in [6, 6.07) is 5.90. The molecule has 0 aliphatic carbocycles. The molecule has 0 spiro atoms. The quantitative estimate of drug-likeness (QED) is 0.682. The van der Waals surface area contributed by atoms with E-state index in [0.29, 0.717) is 0 Å². The van der Waals surface area contributed by atoms with Gasteiger partial charge in [0.1, 0.15) is 5.75 Å². The van der Waals surface area contributed by atoms with Crippen LogP contribution in [0.3, 0.4) is 0 Å². The van der Waals surface area contributed by atoms with Gasteiger partial charge in [-0.2, -0.15) is 0 Å². The van der Waals surface area contributed by atoms with Crippen LogP contribution in [0, 0.1) is 0 Å². The fourth-order valence-corrected chi connectivity index (χ4v) is 2.06. The average molecular weight is 304 g/mol. The Bertz CT molecular complexity index is 765. The summed E-state index contributed by atoms with van der Waals surface area (Å²) in [5.41, 5.74) is -0.586. The molecule has 0 aliphatic heterocycles. The van der Waals surface area contributed by atoms with Gasteiger partial charge < -0.3 is 25.2 Å². The molecule has 7 nitrogen and oxygen atoms in total. The lowest BCUT2D eigenvalue weighted by Gasteiger charge is -2.13. The lowest BCUT2D eigenvalue weighted by Crippen LogP contribution is -2.02. The van der Waals surface area contributed by atoms with E-state index in [9.17, 15) is 24.9 Å². The van der Waals surface area contributed by atoms with Crippen molar-refractivity contribution in [3.63, 3.8) is 0 Å². The molecule has 0 heterocycles. The van der Waals surface area contributed by atoms with Crippen LogP contribution in [-0.4, -0.2) is 39.5 Å². The Hall–Kier alpha value is -3.22. The van der Waals surface area contributed by atoms with Crippen molar-refractivity contribution >= 4 is 11.9 Å². The number of phenolic OH excluding ortho intramolecular Hbond substituents is 2. The average Bonchev–Trinajstić information content (AvgIpc) is 2.47. The zero-order valence-corrected chi connectivity index (χ0v) is 11.4. The summed E-state index contributed by atoms with van der Waals surface area (Å²) in [5, 5.41) is 38.2. The number of rotatable bonds is 4. The summed E-state index contributed by atoms with van der Waals surface area (Å²) < 4.78 is 4.93. The van der Waals surface area contributed by atoms with Gasteiger partial charge in [0.05, 0.1) is 18.2 Å². The molecule has 0 radical (unpaired) electrons. The standard InChI is InChI=1S/C15H12O7/c1-22-11-5-4-9(15(20)21)12(13(11)17)8-3-2-7(14(18)19)6-10(8)16/h2-6,16-17H,1H3,(H,18,19)(H,20,21). The van der Waals surface area contributed by atoms with Gasteiger partial charge in [-0.15, -0.1) is 0 Å². The van der Waals surface area contributed by atoms with E-state index < -0.39 is 23.4 Å². The first-order valence-corrected chi connectivity index (χ1v) is 6.06. The Kier molecular flexibility index (Phi) is 3.89. The van der Waals surface area contributed by atoms with Gasteiger partial charge in [0.15, 0.2) is 11.5 Å². The molecule has 0 aliphatic rings. The second-order valence-electron chi connectivity index (χ2n) is 4.38. The molecule has 0 aromatic heterocycles. The maximum absolute atomic E-state index is 11.3. The highest BCUT2D eigenvalue weighted by atomic mass is 16.5. The molecule has 114 valence electrons. The molecule has 0 amide bonds. The summed E-state index contributed by atoms with van der Waals surface area (Å²) in [7, 11) is 1.30.